The molecule has 38 heavy (non-hydrogen) atoms. The van der Waals surface area contributed by atoms with Crippen LogP contribution in [0.5, 0.6) is 0 Å². The summed E-state index contributed by atoms with van der Waals surface area (Å²) in [4.78, 5) is 58.4. The highest BCUT2D eigenvalue weighted by molar-refractivity contribution is 6.12. The van der Waals surface area contributed by atoms with E-state index in [1.807, 2.05) is 27.7 Å². The number of nitrogens with zero attached hydrogens (tertiary/aromatic N) is 3. The zero-order valence-electron chi connectivity index (χ0n) is 23.1. The van der Waals surface area contributed by atoms with Gasteiger partial charge in [0, 0.05) is 38.1 Å². The van der Waals surface area contributed by atoms with Gasteiger partial charge in [0.15, 0.2) is 24.2 Å². The first-order valence-electron chi connectivity index (χ1n) is 12.4. The molecule has 208 valence electrons. The number of ketones is 1. The fraction of sp³-hybridized carbons (Fsp3) is 0.615. The first-order chi connectivity index (χ1) is 17.8. The summed E-state index contributed by atoms with van der Waals surface area (Å²) in [5, 5.41) is 3.18. The topological polar surface area (TPSA) is 148 Å². The van der Waals surface area contributed by atoms with Gasteiger partial charge in [-0.05, 0) is 19.3 Å². The van der Waals surface area contributed by atoms with Gasteiger partial charge in [0.2, 0.25) is 5.91 Å². The monoisotopic (exact) mass is 532 g/mol. The quantitative estimate of drug-likeness (QED) is 0.357. The summed E-state index contributed by atoms with van der Waals surface area (Å²) < 4.78 is 23.9. The molecule has 12 heteroatoms. The van der Waals surface area contributed by atoms with E-state index in [1.54, 1.807) is 0 Å². The number of aromatic nitrogens is 3. The second-order valence-electron chi connectivity index (χ2n) is 10.5. The van der Waals surface area contributed by atoms with E-state index in [2.05, 4.69) is 15.3 Å². The Bertz CT molecular complexity index is 1220. The second kappa shape index (κ2) is 11.6. The van der Waals surface area contributed by atoms with E-state index >= 15 is 0 Å². The number of rotatable bonds is 10. The van der Waals surface area contributed by atoms with Crippen LogP contribution in [0.2, 0.25) is 0 Å². The zero-order chi connectivity index (χ0) is 28.4. The molecule has 1 amide bonds. The minimum absolute atomic E-state index is 0.0478. The van der Waals surface area contributed by atoms with Gasteiger partial charge in [-0.25, -0.2) is 9.97 Å². The van der Waals surface area contributed by atoms with E-state index in [0.717, 1.165) is 0 Å². The molecule has 3 rings (SSSR count). The molecule has 0 aromatic carbocycles. The predicted molar refractivity (Wildman–Crippen MR) is 136 cm³/mol. The van der Waals surface area contributed by atoms with Crippen molar-refractivity contribution < 1.29 is 38.1 Å². The van der Waals surface area contributed by atoms with Crippen molar-refractivity contribution in [2.45, 2.75) is 79.4 Å². The summed E-state index contributed by atoms with van der Waals surface area (Å²) >= 11 is 0. The third-order valence-corrected chi connectivity index (χ3v) is 6.25. The molecule has 1 aliphatic rings. The van der Waals surface area contributed by atoms with E-state index in [9.17, 15) is 19.2 Å². The highest BCUT2D eigenvalue weighted by atomic mass is 16.7. The van der Waals surface area contributed by atoms with Crippen LogP contribution in [0.3, 0.4) is 0 Å². The van der Waals surface area contributed by atoms with Crippen LogP contribution in [0.1, 0.15) is 71.5 Å². The normalized spacial score (nSPS) is 21.5. The molecule has 0 bridgehead atoms. The number of hydrogen-bond acceptors (Lipinski definition) is 10. The lowest BCUT2D eigenvalue weighted by Gasteiger charge is -2.25. The van der Waals surface area contributed by atoms with Crippen LogP contribution in [0.25, 0.3) is 11.0 Å². The molecule has 1 aliphatic heterocycles. The van der Waals surface area contributed by atoms with Gasteiger partial charge in [-0.3, -0.25) is 19.2 Å². The van der Waals surface area contributed by atoms with Gasteiger partial charge in [-0.1, -0.05) is 27.7 Å². The highest BCUT2D eigenvalue weighted by Gasteiger charge is 2.50. The maximum Gasteiger partial charge on any atom is 0.303 e. The van der Waals surface area contributed by atoms with Gasteiger partial charge in [-0.15, -0.1) is 0 Å². The third-order valence-electron chi connectivity index (χ3n) is 6.25. The largest absolute Gasteiger partial charge is 0.456 e. The Kier molecular flexibility index (Phi) is 8.88. The number of nitrogens with one attached hydrogen (secondary N) is 1. The summed E-state index contributed by atoms with van der Waals surface area (Å²) in [6, 6.07) is 0. The highest BCUT2D eigenvalue weighted by Crippen LogP contribution is 2.38. The van der Waals surface area contributed by atoms with Crippen LogP contribution < -0.4 is 5.32 Å². The van der Waals surface area contributed by atoms with Crippen LogP contribution in [-0.2, 0) is 33.3 Å². The second-order valence-corrected chi connectivity index (χ2v) is 10.5. The smallest absolute Gasteiger partial charge is 0.303 e. The Morgan fingerprint density at radius 2 is 1.71 bits per heavy atom. The summed E-state index contributed by atoms with van der Waals surface area (Å²) in [6.07, 6.45) is -0.407. The number of Topliss-reactive ketones (excluding diaryl/α,β-unsaturated/α-hetero) is 1. The molecule has 0 spiro atoms. The van der Waals surface area contributed by atoms with Crippen molar-refractivity contribution in [3.05, 3.63) is 18.1 Å². The fourth-order valence-electron chi connectivity index (χ4n) is 4.91. The SMILES string of the molecule is COC[C@H]1O[C@@H](n2cc(C(C)=O)c3c(NC(=O)C(C)(C)CC(C)C)ncnc32)[C@@H](OC(C)=O)C1OC(C)=O. The molecular weight excluding hydrogens is 496 g/mol. The average molecular weight is 533 g/mol. The molecule has 1 fully saturated rings. The van der Waals surface area contributed by atoms with Gasteiger partial charge >= 0.3 is 11.9 Å². The molecule has 12 nitrogen and oxygen atoms in total. The third kappa shape index (κ3) is 6.18. The summed E-state index contributed by atoms with van der Waals surface area (Å²) in [5.41, 5.74) is -0.185. The van der Waals surface area contributed by atoms with Crippen molar-refractivity contribution in [2.24, 2.45) is 11.3 Å². The molecule has 2 aromatic heterocycles. The maximum atomic E-state index is 13.2. The van der Waals surface area contributed by atoms with Gasteiger partial charge in [0.25, 0.3) is 0 Å². The lowest BCUT2D eigenvalue weighted by molar-refractivity contribution is -0.165. The zero-order valence-corrected chi connectivity index (χ0v) is 23.1. The number of carbonyl (C=O) groups excluding carboxylic acids is 4. The first kappa shape index (κ1) is 29.2. The number of hydrogen-bond donors (Lipinski definition) is 1. The number of fused-ring (bicyclic) bond motifs is 1. The van der Waals surface area contributed by atoms with Gasteiger partial charge in [0.05, 0.1) is 12.0 Å². The van der Waals surface area contributed by atoms with E-state index < -0.39 is 41.9 Å². The number of anilines is 1. The lowest BCUT2D eigenvalue weighted by atomic mass is 9.83. The molecule has 0 radical (unpaired) electrons. The fourth-order valence-corrected chi connectivity index (χ4v) is 4.91. The lowest BCUT2D eigenvalue weighted by Crippen LogP contribution is -2.40. The summed E-state index contributed by atoms with van der Waals surface area (Å²) in [5.74, 6) is -1.29. The first-order valence-corrected chi connectivity index (χ1v) is 12.4. The molecule has 3 heterocycles. The Labute approximate surface area is 221 Å². The Morgan fingerprint density at radius 1 is 1.08 bits per heavy atom. The van der Waals surface area contributed by atoms with E-state index in [0.29, 0.717) is 11.8 Å². The van der Waals surface area contributed by atoms with Crippen LogP contribution in [0.4, 0.5) is 5.82 Å². The van der Waals surface area contributed by atoms with Crippen LogP contribution in [-0.4, -0.2) is 70.2 Å². The van der Waals surface area contributed by atoms with Crippen molar-refractivity contribution in [1.29, 1.82) is 0 Å². The average Bonchev–Trinajstić information content (AvgIpc) is 3.32. The molecular formula is C26H36N4O8. The molecule has 2 aromatic rings. The van der Waals surface area contributed by atoms with Crippen LogP contribution >= 0.6 is 0 Å². The minimum Gasteiger partial charge on any atom is -0.456 e. The number of carbonyl (C=O) groups is 4. The minimum atomic E-state index is -1.06. The van der Waals surface area contributed by atoms with Crippen LogP contribution in [0, 0.1) is 11.3 Å². The van der Waals surface area contributed by atoms with E-state index in [-0.39, 0.29) is 41.2 Å². The van der Waals surface area contributed by atoms with Crippen LogP contribution in [0.15, 0.2) is 12.5 Å². The maximum absolute atomic E-state index is 13.2. The molecule has 0 aliphatic carbocycles. The summed E-state index contributed by atoms with van der Waals surface area (Å²) in [7, 11) is 1.46. The van der Waals surface area contributed by atoms with Gasteiger partial charge in [0.1, 0.15) is 23.9 Å². The number of amides is 1. The number of esters is 2. The predicted octanol–water partition coefficient (Wildman–Crippen LogP) is 3.05. The van der Waals surface area contributed by atoms with Crippen molar-refractivity contribution in [2.75, 3.05) is 19.0 Å². The van der Waals surface area contributed by atoms with Crippen molar-refractivity contribution in [3.8, 4) is 0 Å². The van der Waals surface area contributed by atoms with Crippen molar-refractivity contribution >= 4 is 40.5 Å². The van der Waals surface area contributed by atoms with E-state index in [4.69, 9.17) is 18.9 Å². The van der Waals surface area contributed by atoms with Crippen molar-refractivity contribution in [1.82, 2.24) is 14.5 Å². The molecule has 4 atom stereocenters. The molecule has 1 unspecified atom stereocenters. The Morgan fingerprint density at radius 3 is 2.26 bits per heavy atom. The van der Waals surface area contributed by atoms with Crippen molar-refractivity contribution in [3.63, 3.8) is 0 Å². The Hall–Kier alpha value is -3.38. The molecule has 1 N–H and O–H groups in total. The van der Waals surface area contributed by atoms with E-state index in [1.165, 1.54) is 45.0 Å². The Balaban J connectivity index is 2.13. The molecule has 1 saturated heterocycles. The van der Waals surface area contributed by atoms with Gasteiger partial charge < -0.3 is 28.8 Å². The summed E-state index contributed by atoms with van der Waals surface area (Å²) in [6.45, 7) is 11.7. The number of ether oxygens (including phenoxy) is 4. The standard InChI is InChI=1S/C26H36N4O8/c1-13(2)9-26(6,7)25(34)29-22-19-17(14(3)31)10-30(23(19)28-12-27-22)24-21(37-16(5)33)20(36-15(4)32)18(38-24)11-35-8/h10,12-13,18,20-21,24H,9,11H2,1-8H3,(H,27,28,29,34)/t18-,20?,21+,24-/m1/s1. The number of methoxy groups -OCH3 is 1. The molecule has 0 saturated carbocycles. The van der Waals surface area contributed by atoms with Gasteiger partial charge in [-0.2, -0.15) is 0 Å².